The number of carbonyl (C=O) groups is 1. The minimum Gasteiger partial charge on any atom is -0.324 e. The topological polar surface area (TPSA) is 66.5 Å². The molecule has 2 aliphatic heterocycles. The summed E-state index contributed by atoms with van der Waals surface area (Å²) in [5.41, 5.74) is 0.998. The molecule has 1 aromatic rings. The van der Waals surface area contributed by atoms with Gasteiger partial charge in [0.25, 0.3) is 0 Å². The average molecular weight is 366 g/mol. The first kappa shape index (κ1) is 16.8. The summed E-state index contributed by atoms with van der Waals surface area (Å²) in [6.45, 7) is 1.11. The van der Waals surface area contributed by atoms with E-state index in [1.54, 1.807) is 17.0 Å². The highest BCUT2D eigenvalue weighted by atomic mass is 32.2. The molecule has 4 rings (SSSR count). The molecule has 5 nitrogen and oxygen atoms in total. The fourth-order valence-corrected chi connectivity index (χ4v) is 6.42. The highest BCUT2D eigenvalue weighted by molar-refractivity contribution is 7.91. The van der Waals surface area contributed by atoms with E-state index in [1.165, 1.54) is 6.07 Å². The van der Waals surface area contributed by atoms with Gasteiger partial charge in [0.15, 0.2) is 9.84 Å². The Morgan fingerprint density at radius 3 is 2.76 bits per heavy atom. The summed E-state index contributed by atoms with van der Waals surface area (Å²) >= 11 is 0. The largest absolute Gasteiger partial charge is 0.324 e. The summed E-state index contributed by atoms with van der Waals surface area (Å²) in [5, 5.41) is 2.86. The zero-order valence-corrected chi connectivity index (χ0v) is 14.9. The minimum atomic E-state index is -2.98. The van der Waals surface area contributed by atoms with Crippen molar-refractivity contribution in [2.45, 2.75) is 38.0 Å². The number of carbonyl (C=O) groups excluding carboxylic acids is 1. The molecule has 1 aliphatic carbocycles. The highest BCUT2D eigenvalue weighted by Crippen LogP contribution is 2.42. The van der Waals surface area contributed by atoms with E-state index in [-0.39, 0.29) is 34.7 Å². The summed E-state index contributed by atoms with van der Waals surface area (Å²) in [5.74, 6) is 0.476. The standard InChI is InChI=1S/C18H23FN2O3S/c19-16-5-4-14(10-15(16)13-2-3-13)20-17(22)21-8-1-6-18(11-21)7-9-25(23,24)12-18/h4-5,10,13H,1-3,6-9,11-12H2,(H,20,22). The number of hydrogen-bond acceptors (Lipinski definition) is 3. The summed E-state index contributed by atoms with van der Waals surface area (Å²) in [4.78, 5) is 14.3. The molecular formula is C18H23FN2O3S. The van der Waals surface area contributed by atoms with Crippen LogP contribution in [0.15, 0.2) is 18.2 Å². The zero-order valence-electron chi connectivity index (χ0n) is 14.1. The van der Waals surface area contributed by atoms with Crippen LogP contribution in [0.2, 0.25) is 0 Å². The van der Waals surface area contributed by atoms with Gasteiger partial charge in [-0.15, -0.1) is 0 Å². The fourth-order valence-electron chi connectivity index (χ4n) is 4.22. The molecule has 1 atom stereocenters. The maximum absolute atomic E-state index is 13.8. The van der Waals surface area contributed by atoms with Crippen LogP contribution in [0.1, 0.15) is 43.6 Å². The third-order valence-corrected chi connectivity index (χ3v) is 7.56. The molecule has 0 radical (unpaired) electrons. The number of likely N-dealkylation sites (tertiary alicyclic amines) is 1. The average Bonchev–Trinajstić information content (AvgIpc) is 3.35. The van der Waals surface area contributed by atoms with Crippen LogP contribution in [0.5, 0.6) is 0 Å². The van der Waals surface area contributed by atoms with Crippen LogP contribution in [0.4, 0.5) is 14.9 Å². The molecule has 1 aromatic carbocycles. The molecular weight excluding hydrogens is 343 g/mol. The Morgan fingerprint density at radius 1 is 1.28 bits per heavy atom. The SMILES string of the molecule is O=C(Nc1ccc(F)c(C2CC2)c1)N1CCCC2(CCS(=O)(=O)C2)C1. The second-order valence-corrected chi connectivity index (χ2v) is 9.99. The maximum atomic E-state index is 13.8. The summed E-state index contributed by atoms with van der Waals surface area (Å²) in [6, 6.07) is 4.49. The molecule has 25 heavy (non-hydrogen) atoms. The number of sulfone groups is 1. The molecule has 1 unspecified atom stereocenters. The molecule has 1 spiro atoms. The van der Waals surface area contributed by atoms with Crippen LogP contribution in [0, 0.1) is 11.2 Å². The van der Waals surface area contributed by atoms with Gasteiger partial charge >= 0.3 is 6.03 Å². The van der Waals surface area contributed by atoms with Crippen LogP contribution in [0.25, 0.3) is 0 Å². The van der Waals surface area contributed by atoms with Crippen molar-refractivity contribution in [3.63, 3.8) is 0 Å². The lowest BCUT2D eigenvalue weighted by atomic mass is 9.80. The first-order chi connectivity index (χ1) is 11.9. The number of halogens is 1. The Hall–Kier alpha value is -1.63. The lowest BCUT2D eigenvalue weighted by Gasteiger charge is -2.39. The number of urea groups is 1. The number of amides is 2. The first-order valence-corrected chi connectivity index (χ1v) is 10.7. The highest BCUT2D eigenvalue weighted by Gasteiger charge is 2.45. The van der Waals surface area contributed by atoms with Crippen LogP contribution >= 0.6 is 0 Å². The summed E-state index contributed by atoms with van der Waals surface area (Å²) < 4.78 is 37.6. The number of piperidine rings is 1. The van der Waals surface area contributed by atoms with Gasteiger partial charge < -0.3 is 10.2 Å². The third kappa shape index (κ3) is 3.52. The van der Waals surface area contributed by atoms with Crippen molar-refractivity contribution in [2.75, 3.05) is 29.9 Å². The smallest absolute Gasteiger partial charge is 0.321 e. The number of benzene rings is 1. The van der Waals surface area contributed by atoms with Crippen molar-refractivity contribution in [1.82, 2.24) is 4.90 Å². The normalized spacial score (nSPS) is 28.3. The lowest BCUT2D eigenvalue weighted by molar-refractivity contribution is 0.130. The van der Waals surface area contributed by atoms with Gasteiger partial charge in [0.1, 0.15) is 5.82 Å². The van der Waals surface area contributed by atoms with Crippen molar-refractivity contribution in [3.8, 4) is 0 Å². The van der Waals surface area contributed by atoms with Crippen LogP contribution < -0.4 is 5.32 Å². The van der Waals surface area contributed by atoms with E-state index in [0.29, 0.717) is 30.8 Å². The predicted molar refractivity (Wildman–Crippen MR) is 93.9 cm³/mol. The minimum absolute atomic E-state index is 0.187. The van der Waals surface area contributed by atoms with Crippen LogP contribution in [-0.4, -0.2) is 43.9 Å². The van der Waals surface area contributed by atoms with Gasteiger partial charge in [0.05, 0.1) is 11.5 Å². The van der Waals surface area contributed by atoms with Crippen molar-refractivity contribution in [3.05, 3.63) is 29.6 Å². The van der Waals surface area contributed by atoms with E-state index in [1.807, 2.05) is 0 Å². The first-order valence-electron chi connectivity index (χ1n) is 8.92. The Kier molecular flexibility index (Phi) is 4.02. The number of rotatable bonds is 2. The van der Waals surface area contributed by atoms with E-state index >= 15 is 0 Å². The van der Waals surface area contributed by atoms with Gasteiger partial charge in [0.2, 0.25) is 0 Å². The zero-order chi connectivity index (χ0) is 17.7. The van der Waals surface area contributed by atoms with Crippen molar-refractivity contribution in [1.29, 1.82) is 0 Å². The quantitative estimate of drug-likeness (QED) is 0.874. The van der Waals surface area contributed by atoms with E-state index < -0.39 is 9.84 Å². The van der Waals surface area contributed by atoms with Gasteiger partial charge in [-0.2, -0.15) is 0 Å². The van der Waals surface area contributed by atoms with Gasteiger partial charge in [-0.25, -0.2) is 17.6 Å². The van der Waals surface area contributed by atoms with Crippen LogP contribution in [0.3, 0.4) is 0 Å². The Labute approximate surface area is 147 Å². The number of nitrogens with one attached hydrogen (secondary N) is 1. The van der Waals surface area contributed by atoms with Crippen LogP contribution in [-0.2, 0) is 9.84 Å². The lowest BCUT2D eigenvalue weighted by Crippen LogP contribution is -2.48. The molecule has 0 aromatic heterocycles. The Bertz CT molecular complexity index is 807. The predicted octanol–water partition coefficient (Wildman–Crippen LogP) is 3.14. The van der Waals surface area contributed by atoms with Gasteiger partial charge in [-0.3, -0.25) is 0 Å². The van der Waals surface area contributed by atoms with Gasteiger partial charge in [-0.05, 0) is 61.8 Å². The Balaban J connectivity index is 1.45. The van der Waals surface area contributed by atoms with E-state index in [9.17, 15) is 17.6 Å². The number of nitrogens with zero attached hydrogens (tertiary/aromatic N) is 1. The van der Waals surface area contributed by atoms with Crippen molar-refractivity contribution >= 4 is 21.6 Å². The molecule has 7 heteroatoms. The van der Waals surface area contributed by atoms with E-state index in [2.05, 4.69) is 5.32 Å². The molecule has 2 amide bonds. The molecule has 2 heterocycles. The van der Waals surface area contributed by atoms with E-state index in [4.69, 9.17) is 0 Å². The van der Waals surface area contributed by atoms with Crippen molar-refractivity contribution in [2.24, 2.45) is 5.41 Å². The van der Waals surface area contributed by atoms with Gasteiger partial charge in [-0.1, -0.05) is 0 Å². The monoisotopic (exact) mass is 366 g/mol. The second kappa shape index (κ2) is 5.97. The maximum Gasteiger partial charge on any atom is 0.321 e. The third-order valence-electron chi connectivity index (χ3n) is 5.68. The Morgan fingerprint density at radius 2 is 2.08 bits per heavy atom. The molecule has 3 fully saturated rings. The molecule has 3 aliphatic rings. The fraction of sp³-hybridized carbons (Fsp3) is 0.611. The van der Waals surface area contributed by atoms with E-state index in [0.717, 1.165) is 25.7 Å². The van der Waals surface area contributed by atoms with Crippen molar-refractivity contribution < 1.29 is 17.6 Å². The molecule has 0 bridgehead atoms. The molecule has 1 N–H and O–H groups in total. The molecule has 2 saturated heterocycles. The second-order valence-electron chi connectivity index (χ2n) is 7.81. The summed E-state index contributed by atoms with van der Waals surface area (Å²) in [7, 11) is -2.98. The number of anilines is 1. The number of hydrogen-bond donors (Lipinski definition) is 1. The molecule has 136 valence electrons. The van der Waals surface area contributed by atoms with Gasteiger partial charge in [0, 0.05) is 24.2 Å². The summed E-state index contributed by atoms with van der Waals surface area (Å²) in [6.07, 6.45) is 4.31. The molecule has 1 saturated carbocycles.